The third-order valence-electron chi connectivity index (χ3n) is 2.09. The summed E-state index contributed by atoms with van der Waals surface area (Å²) in [5.41, 5.74) is 1.07. The number of rotatable bonds is 0. The van der Waals surface area contributed by atoms with Crippen LogP contribution in [0.1, 0.15) is 19.3 Å². The molecule has 2 nitrogen and oxygen atoms in total. The lowest BCUT2D eigenvalue weighted by Crippen LogP contribution is -2.34. The Balaban J connectivity index is 2.24. The topological polar surface area (TPSA) is 20.3 Å². The number of allylic oxidation sites excluding steroid dienone is 3. The largest absolute Gasteiger partial charge is 0.312 e. The van der Waals surface area contributed by atoms with E-state index in [9.17, 15) is 4.79 Å². The van der Waals surface area contributed by atoms with Crippen molar-refractivity contribution in [2.24, 2.45) is 0 Å². The first-order chi connectivity index (χ1) is 5.38. The van der Waals surface area contributed by atoms with E-state index in [1.807, 2.05) is 17.1 Å². The second-order valence-electron chi connectivity index (χ2n) is 2.85. The number of nitrogens with zero attached hydrogens (tertiary/aromatic N) is 1. The zero-order valence-corrected chi connectivity index (χ0v) is 6.34. The highest BCUT2D eigenvalue weighted by Gasteiger charge is 2.22. The highest BCUT2D eigenvalue weighted by Crippen LogP contribution is 2.22. The molecule has 0 aromatic rings. The van der Waals surface area contributed by atoms with Crippen molar-refractivity contribution in [2.75, 3.05) is 6.54 Å². The van der Waals surface area contributed by atoms with E-state index in [2.05, 4.69) is 6.08 Å². The lowest BCUT2D eigenvalue weighted by Gasteiger charge is -2.29. The number of carbonyl (C=O) groups is 1. The van der Waals surface area contributed by atoms with Gasteiger partial charge < -0.3 is 4.90 Å². The third kappa shape index (κ3) is 1.09. The Hall–Kier alpha value is -1.05. The van der Waals surface area contributed by atoms with Crippen LogP contribution in [0.25, 0.3) is 0 Å². The molecule has 0 bridgehead atoms. The second kappa shape index (κ2) is 2.53. The summed E-state index contributed by atoms with van der Waals surface area (Å²) >= 11 is 0. The molecule has 0 aromatic carbocycles. The van der Waals surface area contributed by atoms with E-state index in [4.69, 9.17) is 0 Å². The number of hydrogen-bond acceptors (Lipinski definition) is 1. The fourth-order valence-corrected chi connectivity index (χ4v) is 1.50. The number of fused-ring (bicyclic) bond motifs is 1. The minimum absolute atomic E-state index is 0.253. The van der Waals surface area contributed by atoms with Gasteiger partial charge in [-0.05, 0) is 12.8 Å². The molecule has 0 aromatic heterocycles. The summed E-state index contributed by atoms with van der Waals surface area (Å²) in [5, 5.41) is 0. The van der Waals surface area contributed by atoms with Crippen LogP contribution in [-0.4, -0.2) is 17.4 Å². The first kappa shape index (κ1) is 6.65. The van der Waals surface area contributed by atoms with Gasteiger partial charge in [-0.25, -0.2) is 0 Å². The molecule has 2 heterocycles. The van der Waals surface area contributed by atoms with Crippen molar-refractivity contribution in [1.82, 2.24) is 4.90 Å². The van der Waals surface area contributed by atoms with E-state index in [0.29, 0.717) is 6.42 Å². The van der Waals surface area contributed by atoms with Gasteiger partial charge in [-0.3, -0.25) is 4.79 Å². The normalized spacial score (nSPS) is 23.1. The fourth-order valence-electron chi connectivity index (χ4n) is 1.50. The van der Waals surface area contributed by atoms with Crippen molar-refractivity contribution in [3.8, 4) is 0 Å². The number of carbonyl (C=O) groups excluding carboxylic acids is 1. The monoisotopic (exact) mass is 148 g/mol. The maximum absolute atomic E-state index is 11.3. The Morgan fingerprint density at radius 1 is 1.45 bits per heavy atom. The van der Waals surface area contributed by atoms with Crippen molar-refractivity contribution < 1.29 is 4.79 Å². The first-order valence-corrected chi connectivity index (χ1v) is 3.95. The molecule has 0 atom stereocenters. The van der Waals surface area contributed by atoms with E-state index in [-0.39, 0.29) is 5.91 Å². The van der Waals surface area contributed by atoms with Crippen LogP contribution in [0.15, 0.2) is 17.8 Å². The summed E-state index contributed by atoms with van der Waals surface area (Å²) < 4.78 is 0. The van der Waals surface area contributed by atoms with Crippen molar-refractivity contribution in [2.45, 2.75) is 19.3 Å². The Morgan fingerprint density at radius 2 is 2.36 bits per heavy atom. The molecule has 57 valence electrons. The van der Waals surface area contributed by atoms with Gasteiger partial charge >= 0.3 is 0 Å². The van der Waals surface area contributed by atoms with Crippen LogP contribution in [0, 0.1) is 6.08 Å². The highest BCUT2D eigenvalue weighted by atomic mass is 16.2. The van der Waals surface area contributed by atoms with E-state index >= 15 is 0 Å². The van der Waals surface area contributed by atoms with Crippen LogP contribution in [0.3, 0.4) is 0 Å². The van der Waals surface area contributed by atoms with Crippen LogP contribution >= 0.6 is 0 Å². The summed E-state index contributed by atoms with van der Waals surface area (Å²) in [6.07, 6.45) is 9.67. The van der Waals surface area contributed by atoms with Crippen molar-refractivity contribution in [3.05, 3.63) is 23.9 Å². The zero-order valence-electron chi connectivity index (χ0n) is 6.34. The number of amides is 1. The molecule has 0 unspecified atom stereocenters. The average Bonchev–Trinajstić information content (AvgIpc) is 2.06. The standard InChI is InChI=1S/C9H10NO/c11-9-6-3-5-8-4-1-2-7-10(8)9/h1-2H,3,5-7H2. The van der Waals surface area contributed by atoms with E-state index in [1.54, 1.807) is 0 Å². The summed E-state index contributed by atoms with van der Waals surface area (Å²) in [7, 11) is 0. The predicted molar refractivity (Wildman–Crippen MR) is 41.5 cm³/mol. The van der Waals surface area contributed by atoms with Gasteiger partial charge in [0.1, 0.15) is 0 Å². The van der Waals surface area contributed by atoms with Crippen molar-refractivity contribution in [3.63, 3.8) is 0 Å². The molecule has 1 fully saturated rings. The second-order valence-corrected chi connectivity index (χ2v) is 2.85. The van der Waals surface area contributed by atoms with Crippen LogP contribution in [0.4, 0.5) is 0 Å². The van der Waals surface area contributed by atoms with E-state index < -0.39 is 0 Å². The molecule has 0 aliphatic carbocycles. The molecule has 1 radical (unpaired) electrons. The summed E-state index contributed by atoms with van der Waals surface area (Å²) in [6.45, 7) is 0.751. The Kier molecular flexibility index (Phi) is 1.53. The van der Waals surface area contributed by atoms with Gasteiger partial charge in [-0.2, -0.15) is 0 Å². The molecule has 1 saturated heterocycles. The molecule has 0 N–H and O–H groups in total. The van der Waals surface area contributed by atoms with Crippen molar-refractivity contribution >= 4 is 5.91 Å². The number of hydrogen-bond donors (Lipinski definition) is 0. The fraction of sp³-hybridized carbons (Fsp3) is 0.444. The zero-order chi connectivity index (χ0) is 7.68. The average molecular weight is 148 g/mol. The molecular weight excluding hydrogens is 138 g/mol. The van der Waals surface area contributed by atoms with Crippen LogP contribution in [-0.2, 0) is 4.79 Å². The third-order valence-corrected chi connectivity index (χ3v) is 2.09. The van der Waals surface area contributed by atoms with Crippen LogP contribution < -0.4 is 0 Å². The Bertz CT molecular complexity index is 240. The van der Waals surface area contributed by atoms with Gasteiger partial charge in [-0.15, -0.1) is 0 Å². The summed E-state index contributed by atoms with van der Waals surface area (Å²) in [4.78, 5) is 13.1. The predicted octanol–water partition coefficient (Wildman–Crippen LogP) is 1.26. The first-order valence-electron chi connectivity index (χ1n) is 3.95. The molecule has 2 heteroatoms. The van der Waals surface area contributed by atoms with Gasteiger partial charge in [0, 0.05) is 24.7 Å². The lowest BCUT2D eigenvalue weighted by molar-refractivity contribution is -0.130. The summed E-state index contributed by atoms with van der Waals surface area (Å²) in [6, 6.07) is 0. The Morgan fingerprint density at radius 3 is 3.18 bits per heavy atom. The molecule has 2 aliphatic rings. The summed E-state index contributed by atoms with van der Waals surface area (Å²) in [5.74, 6) is 0.253. The van der Waals surface area contributed by atoms with Gasteiger partial charge in [0.15, 0.2) is 0 Å². The molecule has 0 spiro atoms. The Labute approximate surface area is 66.2 Å². The minimum atomic E-state index is 0.253. The van der Waals surface area contributed by atoms with Gasteiger partial charge in [-0.1, -0.05) is 12.2 Å². The SMILES string of the molecule is O=C1CCCC2=[C]C=CCN12. The van der Waals surface area contributed by atoms with E-state index in [0.717, 1.165) is 25.1 Å². The minimum Gasteiger partial charge on any atom is -0.312 e. The molecule has 2 rings (SSSR count). The van der Waals surface area contributed by atoms with E-state index in [1.165, 1.54) is 0 Å². The molecular formula is C9H10NO. The van der Waals surface area contributed by atoms with Crippen LogP contribution in [0.5, 0.6) is 0 Å². The smallest absolute Gasteiger partial charge is 0.227 e. The van der Waals surface area contributed by atoms with Crippen molar-refractivity contribution in [1.29, 1.82) is 0 Å². The molecule has 2 aliphatic heterocycles. The van der Waals surface area contributed by atoms with Gasteiger partial charge in [0.2, 0.25) is 5.91 Å². The molecule has 1 amide bonds. The maximum Gasteiger partial charge on any atom is 0.227 e. The van der Waals surface area contributed by atoms with Gasteiger partial charge in [0.25, 0.3) is 0 Å². The maximum atomic E-state index is 11.3. The number of piperidine rings is 1. The molecule has 11 heavy (non-hydrogen) atoms. The lowest BCUT2D eigenvalue weighted by atomic mass is 10.0. The van der Waals surface area contributed by atoms with Gasteiger partial charge in [0.05, 0.1) is 0 Å². The highest BCUT2D eigenvalue weighted by molar-refractivity contribution is 5.79. The quantitative estimate of drug-likeness (QED) is 0.506. The van der Waals surface area contributed by atoms with Crippen LogP contribution in [0.2, 0.25) is 0 Å². The molecule has 0 saturated carbocycles.